The normalized spacial score (nSPS) is 13.3. The van der Waals surface area contributed by atoms with Gasteiger partial charge in [0.15, 0.2) is 0 Å². The average Bonchev–Trinajstić information content (AvgIpc) is 3.63. The lowest BCUT2D eigenvalue weighted by Gasteiger charge is -2.49. The third-order valence-electron chi connectivity index (χ3n) is 13.8. The van der Waals surface area contributed by atoms with Gasteiger partial charge >= 0.3 is 0 Å². The average molecular weight is 1080 g/mol. The van der Waals surface area contributed by atoms with Crippen LogP contribution in [0.4, 0.5) is 17.6 Å². The van der Waals surface area contributed by atoms with Crippen molar-refractivity contribution in [3.63, 3.8) is 0 Å². The van der Waals surface area contributed by atoms with E-state index in [1.807, 2.05) is 182 Å². The van der Waals surface area contributed by atoms with Gasteiger partial charge in [0.05, 0.1) is 0 Å². The monoisotopic (exact) mass is 1080 g/mol. The summed E-state index contributed by atoms with van der Waals surface area (Å²) in [6, 6.07) is 76.1. The molecule has 6 nitrogen and oxygen atoms in total. The fraction of sp³-hybridized carbons (Fsp3) is 0.0909. The second kappa shape index (κ2) is 23.1. The number of halogens is 4. The number of ether oxygens (including phenoxy) is 2. The molecule has 0 heterocycles. The summed E-state index contributed by atoms with van der Waals surface area (Å²) in [5.74, 6) is -5.14. The fourth-order valence-corrected chi connectivity index (χ4v) is 14.4. The lowest BCUT2D eigenvalue weighted by molar-refractivity contribution is -0.293. The molecule has 0 fully saturated rings. The van der Waals surface area contributed by atoms with Crippen molar-refractivity contribution in [2.75, 3.05) is 6.61 Å². The van der Waals surface area contributed by atoms with Crippen molar-refractivity contribution in [2.45, 2.75) is 30.0 Å². The minimum atomic E-state index is -4.83. The first-order valence-electron chi connectivity index (χ1n) is 25.2. The molecule has 0 N–H and O–H groups in total. The van der Waals surface area contributed by atoms with E-state index in [0.29, 0.717) is 33.4 Å². The summed E-state index contributed by atoms with van der Waals surface area (Å²) in [5, 5.41) is -0.0163. The van der Waals surface area contributed by atoms with Gasteiger partial charge in [-0.3, -0.25) is 13.7 Å². The summed E-state index contributed by atoms with van der Waals surface area (Å²) in [5.41, 5.74) is 0.316. The molecule has 0 saturated heterocycles. The van der Waals surface area contributed by atoms with Gasteiger partial charge in [-0.15, -0.1) is 0 Å². The van der Waals surface area contributed by atoms with Gasteiger partial charge in [-0.1, -0.05) is 182 Å². The van der Waals surface area contributed by atoms with Crippen LogP contribution in [0.1, 0.15) is 40.3 Å². The molecule has 0 aromatic heterocycles. The third kappa shape index (κ3) is 10.6. The van der Waals surface area contributed by atoms with Crippen LogP contribution in [0.2, 0.25) is 0 Å². The largest absolute Gasteiger partial charge is 0.355 e. The molecule has 10 rings (SSSR count). The maximum absolute atomic E-state index is 17.2. The summed E-state index contributed by atoms with van der Waals surface area (Å²) in [6.45, 7) is 0.823. The number of hydrogen-bond acceptors (Lipinski definition) is 6. The molecule has 0 amide bonds. The maximum atomic E-state index is 17.2. The predicted octanol–water partition coefficient (Wildman–Crippen LogP) is 14.5. The molecule has 12 heteroatoms. The van der Waals surface area contributed by atoms with E-state index in [1.165, 1.54) is 48.5 Å². The second-order valence-electron chi connectivity index (χ2n) is 18.6. The highest BCUT2D eigenvalue weighted by atomic mass is 31.2. The Morgan fingerprint density at radius 2 is 0.590 bits per heavy atom. The SMILES string of the molecule is C[C@@H](OP(=O)(c1ccc(F)cc1)c1ccc(F)cc1)[C@](COC(c1ccccc1)(c1ccccc1)c1ccccc1)(OC(c1ccccc1)(c1ccccc1)c1ccccc1)OP(=O)(c1ccc(F)cc1)c1ccc(F)cc1. The maximum Gasteiger partial charge on any atom is 0.263 e. The molecular formula is C66H52F4O6P2. The molecule has 0 aliphatic heterocycles. The standard InChI is InChI=1S/C66H52F4O6P2/c1-49(74-77(71,60-40-32-56(67)33-41-60)61-42-34-57(68)35-43-61)64(76-78(72,62-44-36-58(69)37-45-62)63-46-38-59(70)39-47-63,75-66(53-26-14-5-15-27-53,54-28-16-6-17-29-54)55-30-18-7-19-31-55)48-73-65(50-20-8-2-9-21-50,51-22-10-3-11-23-51)52-24-12-4-13-25-52/h2-47,49H,48H2,1H3/t49-,64-/m1/s1. The van der Waals surface area contributed by atoms with E-state index in [0.717, 1.165) is 48.5 Å². The van der Waals surface area contributed by atoms with Gasteiger partial charge in [-0.05, 0) is 137 Å². The van der Waals surface area contributed by atoms with Crippen LogP contribution in [0, 0.1) is 23.3 Å². The van der Waals surface area contributed by atoms with Crippen molar-refractivity contribution >= 4 is 36.0 Å². The Morgan fingerprint density at radius 3 is 0.859 bits per heavy atom. The molecule has 0 radical (unpaired) electrons. The summed E-state index contributed by atoms with van der Waals surface area (Å²) >= 11 is 0. The van der Waals surface area contributed by atoms with Crippen molar-refractivity contribution in [3.05, 3.63) is 336 Å². The van der Waals surface area contributed by atoms with Gasteiger partial charge in [0.1, 0.15) is 47.2 Å². The van der Waals surface area contributed by atoms with Crippen molar-refractivity contribution in [1.29, 1.82) is 0 Å². The van der Waals surface area contributed by atoms with Crippen molar-refractivity contribution < 1.29 is 45.2 Å². The summed E-state index contributed by atoms with van der Waals surface area (Å²) < 4.78 is 125. The molecule has 78 heavy (non-hydrogen) atoms. The van der Waals surface area contributed by atoms with E-state index in [9.17, 15) is 8.78 Å². The van der Waals surface area contributed by atoms with Gasteiger partial charge in [0.2, 0.25) is 5.79 Å². The van der Waals surface area contributed by atoms with Crippen molar-refractivity contribution in [3.8, 4) is 0 Å². The van der Waals surface area contributed by atoms with Gasteiger partial charge in [0, 0.05) is 21.2 Å². The van der Waals surface area contributed by atoms with Crippen LogP contribution >= 0.6 is 14.7 Å². The summed E-state index contributed by atoms with van der Waals surface area (Å²) in [4.78, 5) is 0. The van der Waals surface area contributed by atoms with Gasteiger partial charge in [0.25, 0.3) is 14.7 Å². The van der Waals surface area contributed by atoms with E-state index in [1.54, 1.807) is 6.92 Å². The summed E-state index contributed by atoms with van der Waals surface area (Å²) in [6.07, 6.45) is -1.71. The van der Waals surface area contributed by atoms with Gasteiger partial charge in [-0.25, -0.2) is 17.6 Å². The lowest BCUT2D eigenvalue weighted by Crippen LogP contribution is -2.58. The Balaban J connectivity index is 1.34. The van der Waals surface area contributed by atoms with E-state index in [-0.39, 0.29) is 21.2 Å². The smallest absolute Gasteiger partial charge is 0.263 e. The van der Waals surface area contributed by atoms with Crippen molar-refractivity contribution in [1.82, 2.24) is 0 Å². The third-order valence-corrected chi connectivity index (χ3v) is 18.9. The van der Waals surface area contributed by atoms with Crippen LogP contribution in [-0.2, 0) is 38.9 Å². The van der Waals surface area contributed by atoms with Crippen molar-refractivity contribution in [2.24, 2.45) is 0 Å². The molecule has 0 bridgehead atoms. The molecule has 0 aliphatic rings. The Morgan fingerprint density at radius 1 is 0.346 bits per heavy atom. The zero-order valence-electron chi connectivity index (χ0n) is 42.2. The van der Waals surface area contributed by atoms with Crippen LogP contribution in [0.3, 0.4) is 0 Å². The first-order valence-corrected chi connectivity index (χ1v) is 28.4. The highest BCUT2D eigenvalue weighted by Gasteiger charge is 2.57. The lowest BCUT2D eigenvalue weighted by atomic mass is 9.79. The minimum absolute atomic E-state index is 0.0186. The second-order valence-corrected chi connectivity index (χ2v) is 23.3. The van der Waals surface area contributed by atoms with Crippen LogP contribution < -0.4 is 21.2 Å². The molecule has 0 saturated carbocycles. The first-order chi connectivity index (χ1) is 37.9. The van der Waals surface area contributed by atoms with Gasteiger partial charge in [-0.2, -0.15) is 0 Å². The molecule has 10 aromatic rings. The Kier molecular flexibility index (Phi) is 15.8. The van der Waals surface area contributed by atoms with E-state index in [2.05, 4.69) is 0 Å². The Bertz CT molecular complexity index is 3350. The van der Waals surface area contributed by atoms with Gasteiger partial charge < -0.3 is 14.0 Å². The van der Waals surface area contributed by atoms with Crippen LogP contribution in [0.5, 0.6) is 0 Å². The van der Waals surface area contributed by atoms with Crippen LogP contribution in [0.25, 0.3) is 0 Å². The van der Waals surface area contributed by atoms with Crippen LogP contribution in [0.15, 0.2) is 279 Å². The zero-order valence-corrected chi connectivity index (χ0v) is 44.0. The fourth-order valence-electron chi connectivity index (χ4n) is 9.88. The summed E-state index contributed by atoms with van der Waals surface area (Å²) in [7, 11) is -9.42. The molecule has 10 aromatic carbocycles. The Labute approximate surface area is 451 Å². The Hall–Kier alpha value is -7.78. The molecule has 0 unspecified atom stereocenters. The quantitative estimate of drug-likeness (QED) is 0.0328. The number of rotatable bonds is 20. The highest BCUT2D eigenvalue weighted by molar-refractivity contribution is 7.74. The number of hydrogen-bond donors (Lipinski definition) is 0. The highest BCUT2D eigenvalue weighted by Crippen LogP contribution is 2.57. The molecule has 0 spiro atoms. The van der Waals surface area contributed by atoms with E-state index >= 15 is 17.9 Å². The molecule has 390 valence electrons. The predicted molar refractivity (Wildman–Crippen MR) is 299 cm³/mol. The number of benzene rings is 10. The van der Waals surface area contributed by atoms with E-state index < -0.39 is 67.7 Å². The zero-order chi connectivity index (χ0) is 54.2. The minimum Gasteiger partial charge on any atom is -0.355 e. The molecule has 0 aliphatic carbocycles. The topological polar surface area (TPSA) is 71.1 Å². The molecule has 2 atom stereocenters. The van der Waals surface area contributed by atoms with Crippen LogP contribution in [-0.4, -0.2) is 18.5 Å². The van der Waals surface area contributed by atoms with E-state index in [4.69, 9.17) is 18.5 Å². The molecular weight excluding hydrogens is 1030 g/mol. The first kappa shape index (κ1) is 53.6.